The summed E-state index contributed by atoms with van der Waals surface area (Å²) in [6, 6.07) is 2.48. The molecular weight excluding hydrogens is 198 g/mol. The van der Waals surface area contributed by atoms with Crippen molar-refractivity contribution in [3.63, 3.8) is 0 Å². The van der Waals surface area contributed by atoms with Gasteiger partial charge in [0.15, 0.2) is 5.82 Å². The molecule has 1 heterocycles. The van der Waals surface area contributed by atoms with E-state index in [0.717, 1.165) is 18.9 Å². The van der Waals surface area contributed by atoms with Gasteiger partial charge >= 0.3 is 0 Å². The fraction of sp³-hybridized carbons (Fsp3) is 0.455. The second-order valence-electron chi connectivity index (χ2n) is 3.82. The van der Waals surface area contributed by atoms with Crippen molar-refractivity contribution < 1.29 is 8.78 Å². The molecule has 0 saturated heterocycles. The average molecular weight is 212 g/mol. The molecule has 0 spiro atoms. The summed E-state index contributed by atoms with van der Waals surface area (Å²) in [5.41, 5.74) is 0.904. The highest BCUT2D eigenvalue weighted by Gasteiger charge is 2.20. The number of anilines is 2. The van der Waals surface area contributed by atoms with Gasteiger partial charge in [0.1, 0.15) is 5.82 Å². The van der Waals surface area contributed by atoms with Crippen LogP contribution in [0.4, 0.5) is 20.2 Å². The van der Waals surface area contributed by atoms with Gasteiger partial charge in [-0.3, -0.25) is 0 Å². The van der Waals surface area contributed by atoms with Gasteiger partial charge in [-0.05, 0) is 12.5 Å². The van der Waals surface area contributed by atoms with Crippen LogP contribution in [0.2, 0.25) is 0 Å². The van der Waals surface area contributed by atoms with E-state index in [1.54, 1.807) is 0 Å². The van der Waals surface area contributed by atoms with E-state index in [2.05, 4.69) is 17.6 Å². The molecule has 1 unspecified atom stereocenters. The molecular formula is C11H14F2N2. The molecule has 1 aliphatic heterocycles. The largest absolute Gasteiger partial charge is 0.379 e. The Morgan fingerprint density at radius 3 is 2.93 bits per heavy atom. The summed E-state index contributed by atoms with van der Waals surface area (Å²) in [5.74, 6) is -1.08. The Morgan fingerprint density at radius 2 is 2.20 bits per heavy atom. The fourth-order valence-corrected chi connectivity index (χ4v) is 1.89. The van der Waals surface area contributed by atoms with Gasteiger partial charge in [0, 0.05) is 18.7 Å². The summed E-state index contributed by atoms with van der Waals surface area (Å²) in [6.07, 6.45) is 2.04. The minimum absolute atomic E-state index is 0.253. The highest BCUT2D eigenvalue weighted by molar-refractivity contribution is 5.72. The van der Waals surface area contributed by atoms with E-state index < -0.39 is 11.6 Å². The fourth-order valence-electron chi connectivity index (χ4n) is 1.89. The lowest BCUT2D eigenvalue weighted by molar-refractivity contribution is 0.578. The Kier molecular flexibility index (Phi) is 2.75. The molecule has 0 aromatic heterocycles. The third-order valence-corrected chi connectivity index (χ3v) is 2.58. The van der Waals surface area contributed by atoms with E-state index in [0.29, 0.717) is 17.9 Å². The Balaban J connectivity index is 2.25. The summed E-state index contributed by atoms with van der Waals surface area (Å²) in [7, 11) is 0. The van der Waals surface area contributed by atoms with E-state index in [9.17, 15) is 8.78 Å². The predicted octanol–water partition coefficient (Wildman–Crippen LogP) is 2.97. The molecule has 1 aliphatic rings. The Labute approximate surface area is 87.7 Å². The van der Waals surface area contributed by atoms with Crippen LogP contribution < -0.4 is 10.6 Å². The molecule has 0 radical (unpaired) electrons. The number of fused-ring (bicyclic) bond motifs is 1. The Hall–Kier alpha value is -1.32. The molecule has 1 aromatic carbocycles. The zero-order valence-corrected chi connectivity index (χ0v) is 8.61. The quantitative estimate of drug-likeness (QED) is 0.787. The first kappa shape index (κ1) is 10.2. The maximum atomic E-state index is 13.3. The van der Waals surface area contributed by atoms with Gasteiger partial charge in [0.05, 0.1) is 11.4 Å². The second kappa shape index (κ2) is 4.04. The average Bonchev–Trinajstić information content (AvgIpc) is 2.17. The van der Waals surface area contributed by atoms with Crippen LogP contribution in [-0.4, -0.2) is 12.6 Å². The molecule has 15 heavy (non-hydrogen) atoms. The number of halogens is 2. The number of nitrogens with one attached hydrogen (secondary N) is 2. The van der Waals surface area contributed by atoms with Gasteiger partial charge in [0.2, 0.25) is 0 Å². The SMILES string of the molecule is CCCC1CNc2c(F)cc(F)cc2N1. The van der Waals surface area contributed by atoms with E-state index in [-0.39, 0.29) is 6.04 Å². The first-order valence-electron chi connectivity index (χ1n) is 5.20. The molecule has 0 saturated carbocycles. The van der Waals surface area contributed by atoms with E-state index in [1.165, 1.54) is 6.07 Å². The van der Waals surface area contributed by atoms with Crippen molar-refractivity contribution in [3.05, 3.63) is 23.8 Å². The van der Waals surface area contributed by atoms with Gasteiger partial charge in [-0.25, -0.2) is 8.78 Å². The molecule has 2 rings (SSSR count). The van der Waals surface area contributed by atoms with Crippen LogP contribution >= 0.6 is 0 Å². The smallest absolute Gasteiger partial charge is 0.151 e. The normalized spacial score (nSPS) is 19.0. The molecule has 0 fully saturated rings. The molecule has 0 amide bonds. The van der Waals surface area contributed by atoms with E-state index >= 15 is 0 Å². The van der Waals surface area contributed by atoms with Crippen LogP contribution in [0, 0.1) is 11.6 Å². The van der Waals surface area contributed by atoms with Crippen molar-refractivity contribution in [2.45, 2.75) is 25.8 Å². The lowest BCUT2D eigenvalue weighted by atomic mass is 10.1. The van der Waals surface area contributed by atoms with E-state index in [4.69, 9.17) is 0 Å². The summed E-state index contributed by atoms with van der Waals surface area (Å²) >= 11 is 0. The van der Waals surface area contributed by atoms with Crippen LogP contribution in [0.25, 0.3) is 0 Å². The minimum atomic E-state index is -0.544. The van der Waals surface area contributed by atoms with Gasteiger partial charge in [-0.1, -0.05) is 13.3 Å². The lowest BCUT2D eigenvalue weighted by Gasteiger charge is -2.28. The Morgan fingerprint density at radius 1 is 1.40 bits per heavy atom. The second-order valence-corrected chi connectivity index (χ2v) is 3.82. The number of rotatable bonds is 2. The van der Waals surface area contributed by atoms with Gasteiger partial charge in [-0.2, -0.15) is 0 Å². The van der Waals surface area contributed by atoms with Crippen LogP contribution in [0.3, 0.4) is 0 Å². The maximum Gasteiger partial charge on any atom is 0.151 e. The molecule has 0 aliphatic carbocycles. The van der Waals surface area contributed by atoms with Crippen molar-refractivity contribution >= 4 is 11.4 Å². The van der Waals surface area contributed by atoms with Crippen molar-refractivity contribution in [1.82, 2.24) is 0 Å². The zero-order valence-electron chi connectivity index (χ0n) is 8.61. The monoisotopic (exact) mass is 212 g/mol. The van der Waals surface area contributed by atoms with Crippen molar-refractivity contribution in [2.24, 2.45) is 0 Å². The third-order valence-electron chi connectivity index (χ3n) is 2.58. The van der Waals surface area contributed by atoms with Crippen LogP contribution in [0.1, 0.15) is 19.8 Å². The summed E-state index contributed by atoms with van der Waals surface area (Å²) < 4.78 is 26.3. The van der Waals surface area contributed by atoms with Crippen LogP contribution in [0.15, 0.2) is 12.1 Å². The van der Waals surface area contributed by atoms with Gasteiger partial charge in [-0.15, -0.1) is 0 Å². The van der Waals surface area contributed by atoms with Gasteiger partial charge < -0.3 is 10.6 Å². The third kappa shape index (κ3) is 2.03. The molecule has 2 N–H and O–H groups in total. The zero-order chi connectivity index (χ0) is 10.8. The molecule has 4 heteroatoms. The van der Waals surface area contributed by atoms with Crippen molar-refractivity contribution in [2.75, 3.05) is 17.2 Å². The topological polar surface area (TPSA) is 24.1 Å². The summed E-state index contributed by atoms with van der Waals surface area (Å²) in [4.78, 5) is 0. The summed E-state index contributed by atoms with van der Waals surface area (Å²) in [6.45, 7) is 2.77. The first-order valence-corrected chi connectivity index (χ1v) is 5.20. The molecule has 1 atom stereocenters. The maximum absolute atomic E-state index is 13.3. The molecule has 82 valence electrons. The Bertz CT molecular complexity index is 366. The minimum Gasteiger partial charge on any atom is -0.379 e. The molecule has 0 bridgehead atoms. The van der Waals surface area contributed by atoms with Crippen LogP contribution in [0.5, 0.6) is 0 Å². The highest BCUT2D eigenvalue weighted by atomic mass is 19.1. The summed E-state index contributed by atoms with van der Waals surface area (Å²) in [5, 5.41) is 6.13. The van der Waals surface area contributed by atoms with Crippen LogP contribution in [-0.2, 0) is 0 Å². The van der Waals surface area contributed by atoms with Gasteiger partial charge in [0.25, 0.3) is 0 Å². The number of benzene rings is 1. The highest BCUT2D eigenvalue weighted by Crippen LogP contribution is 2.30. The van der Waals surface area contributed by atoms with Crippen molar-refractivity contribution in [1.29, 1.82) is 0 Å². The molecule has 2 nitrogen and oxygen atoms in total. The van der Waals surface area contributed by atoms with Crippen molar-refractivity contribution in [3.8, 4) is 0 Å². The van der Waals surface area contributed by atoms with E-state index in [1.807, 2.05) is 0 Å². The standard InChI is InChI=1S/C11H14F2N2/c1-2-3-8-6-14-11-9(13)4-7(12)5-10(11)15-8/h4-5,8,14-15H,2-3,6H2,1H3. The number of hydrogen-bond acceptors (Lipinski definition) is 2. The molecule has 1 aromatic rings. The predicted molar refractivity (Wildman–Crippen MR) is 57.2 cm³/mol. The number of hydrogen-bond donors (Lipinski definition) is 2. The first-order chi connectivity index (χ1) is 7.20. The lowest BCUT2D eigenvalue weighted by Crippen LogP contribution is -2.33.